The van der Waals surface area contributed by atoms with E-state index in [4.69, 9.17) is 4.98 Å². The van der Waals surface area contributed by atoms with Crippen molar-refractivity contribution in [3.63, 3.8) is 0 Å². The van der Waals surface area contributed by atoms with Gasteiger partial charge in [-0.1, -0.05) is 41.1 Å². The molecular weight excluding hydrogens is 452 g/mol. The maximum Gasteiger partial charge on any atom is 0.225 e. The van der Waals surface area contributed by atoms with Gasteiger partial charge >= 0.3 is 0 Å². The topological polar surface area (TPSA) is 41.4 Å². The van der Waals surface area contributed by atoms with Crippen LogP contribution >= 0.6 is 15.9 Å². The molecule has 1 amide bonds. The molecule has 0 aliphatic carbocycles. The first-order valence-electron chi connectivity index (χ1n) is 11.3. The van der Waals surface area contributed by atoms with Gasteiger partial charge in [0.1, 0.15) is 5.82 Å². The van der Waals surface area contributed by atoms with Crippen LogP contribution in [0.15, 0.2) is 53.0 Å². The van der Waals surface area contributed by atoms with Crippen molar-refractivity contribution in [1.29, 1.82) is 0 Å². The van der Waals surface area contributed by atoms with Crippen LogP contribution in [0.3, 0.4) is 0 Å². The summed E-state index contributed by atoms with van der Waals surface area (Å²) in [6.07, 6.45) is 2.87. The van der Waals surface area contributed by atoms with Crippen molar-refractivity contribution in [2.24, 2.45) is 5.92 Å². The molecule has 1 aliphatic heterocycles. The highest BCUT2D eigenvalue weighted by Gasteiger charge is 2.28. The number of hydrogen-bond donors (Lipinski definition) is 0. The van der Waals surface area contributed by atoms with Gasteiger partial charge in [-0.05, 0) is 69.6 Å². The summed E-state index contributed by atoms with van der Waals surface area (Å²) in [5.41, 5.74) is 3.25. The molecule has 1 saturated heterocycles. The van der Waals surface area contributed by atoms with Gasteiger partial charge in [-0.25, -0.2) is 4.98 Å². The van der Waals surface area contributed by atoms with Crippen LogP contribution in [0.2, 0.25) is 0 Å². The summed E-state index contributed by atoms with van der Waals surface area (Å²) in [4.78, 5) is 22.3. The fraction of sp³-hybridized carbons (Fsp3) is 0.440. The molecule has 164 valence electrons. The molecule has 0 bridgehead atoms. The number of nitrogens with zero attached hydrogens (tertiary/aromatic N) is 4. The number of fused-ring (bicyclic) bond motifs is 1. The van der Waals surface area contributed by atoms with Gasteiger partial charge in [-0.2, -0.15) is 0 Å². The van der Waals surface area contributed by atoms with Crippen LogP contribution in [0.1, 0.15) is 38.9 Å². The van der Waals surface area contributed by atoms with Gasteiger partial charge < -0.3 is 4.90 Å². The molecule has 5 nitrogen and oxygen atoms in total. The average molecular weight is 483 g/mol. The Morgan fingerprint density at radius 3 is 2.61 bits per heavy atom. The van der Waals surface area contributed by atoms with Crippen molar-refractivity contribution < 1.29 is 4.79 Å². The molecule has 1 fully saturated rings. The molecule has 4 rings (SSSR count). The molecule has 0 atom stereocenters. The van der Waals surface area contributed by atoms with Gasteiger partial charge in [0.05, 0.1) is 17.6 Å². The van der Waals surface area contributed by atoms with Gasteiger partial charge in [0.25, 0.3) is 0 Å². The first kappa shape index (κ1) is 22.0. The number of imidazole rings is 1. The van der Waals surface area contributed by atoms with E-state index in [9.17, 15) is 4.79 Å². The zero-order valence-electron chi connectivity index (χ0n) is 18.4. The number of benzene rings is 2. The van der Waals surface area contributed by atoms with Gasteiger partial charge in [0.2, 0.25) is 5.91 Å². The first-order valence-corrected chi connectivity index (χ1v) is 12.1. The molecule has 0 unspecified atom stereocenters. The number of aromatic nitrogens is 2. The smallest absolute Gasteiger partial charge is 0.225 e. The lowest BCUT2D eigenvalue weighted by atomic mass is 9.95. The summed E-state index contributed by atoms with van der Waals surface area (Å²) in [5.74, 6) is 1.54. The Kier molecular flexibility index (Phi) is 7.08. The van der Waals surface area contributed by atoms with Gasteiger partial charge in [0.15, 0.2) is 0 Å². The quantitative estimate of drug-likeness (QED) is 0.461. The Labute approximate surface area is 193 Å². The van der Waals surface area contributed by atoms with Crippen molar-refractivity contribution in [2.45, 2.75) is 39.7 Å². The molecule has 3 aromatic rings. The first-order chi connectivity index (χ1) is 15.1. The molecule has 31 heavy (non-hydrogen) atoms. The van der Waals surface area contributed by atoms with Crippen molar-refractivity contribution in [3.05, 3.63) is 58.8 Å². The Bertz CT molecular complexity index is 1040. The number of carbonyl (C=O) groups is 1. The van der Waals surface area contributed by atoms with E-state index in [0.717, 1.165) is 79.0 Å². The maximum atomic E-state index is 12.9. The third kappa shape index (κ3) is 4.85. The minimum absolute atomic E-state index is 0.159. The van der Waals surface area contributed by atoms with Crippen molar-refractivity contribution in [1.82, 2.24) is 19.4 Å². The molecule has 0 N–H and O–H groups in total. The highest BCUT2D eigenvalue weighted by atomic mass is 79.9. The Hall–Kier alpha value is -2.18. The molecule has 2 aromatic carbocycles. The standard InChI is InChI=1S/C25H31BrN4O/c1-3-14-29(4-2)25(31)19-12-15-28(16-13-19)18-24-27-22-10-5-6-11-23(22)30(24)21-9-7-8-20(26)17-21/h5-11,17,19H,3-4,12-16,18H2,1-2H3. The normalized spacial score (nSPS) is 15.5. The number of amides is 1. The largest absolute Gasteiger partial charge is 0.343 e. The zero-order valence-corrected chi connectivity index (χ0v) is 20.0. The predicted molar refractivity (Wildman–Crippen MR) is 129 cm³/mol. The van der Waals surface area contributed by atoms with Crippen molar-refractivity contribution >= 4 is 32.9 Å². The predicted octanol–water partition coefficient (Wildman–Crippen LogP) is 5.26. The highest BCUT2D eigenvalue weighted by molar-refractivity contribution is 9.10. The van der Waals surface area contributed by atoms with Crippen LogP contribution in [0, 0.1) is 5.92 Å². The second-order valence-corrected chi connectivity index (χ2v) is 9.22. The van der Waals surface area contributed by atoms with Crippen LogP contribution in [-0.4, -0.2) is 51.4 Å². The minimum Gasteiger partial charge on any atom is -0.343 e. The SMILES string of the molecule is CCCN(CC)C(=O)C1CCN(Cc2nc3ccccc3n2-c2cccc(Br)c2)CC1. The lowest BCUT2D eigenvalue weighted by molar-refractivity contribution is -0.137. The molecule has 0 saturated carbocycles. The highest BCUT2D eigenvalue weighted by Crippen LogP contribution is 2.26. The average Bonchev–Trinajstić information content (AvgIpc) is 3.15. The molecular formula is C25H31BrN4O. The summed E-state index contributed by atoms with van der Waals surface area (Å²) < 4.78 is 3.32. The van der Waals surface area contributed by atoms with Crippen LogP contribution in [0.5, 0.6) is 0 Å². The second kappa shape index (κ2) is 9.96. The molecule has 1 aromatic heterocycles. The Morgan fingerprint density at radius 1 is 1.13 bits per heavy atom. The number of hydrogen-bond acceptors (Lipinski definition) is 3. The zero-order chi connectivity index (χ0) is 21.8. The third-order valence-electron chi connectivity index (χ3n) is 6.19. The Balaban J connectivity index is 1.51. The molecule has 6 heteroatoms. The fourth-order valence-electron chi connectivity index (χ4n) is 4.58. The number of likely N-dealkylation sites (tertiary alicyclic amines) is 1. The summed E-state index contributed by atoms with van der Waals surface area (Å²) in [7, 11) is 0. The van der Waals surface area contributed by atoms with E-state index in [0.29, 0.717) is 5.91 Å². The van der Waals surface area contributed by atoms with E-state index in [1.54, 1.807) is 0 Å². The maximum absolute atomic E-state index is 12.9. The number of halogens is 1. The summed E-state index contributed by atoms with van der Waals surface area (Å²) in [5, 5.41) is 0. The summed E-state index contributed by atoms with van der Waals surface area (Å²) >= 11 is 3.60. The number of rotatable bonds is 7. The van der Waals surface area contributed by atoms with E-state index >= 15 is 0 Å². The molecule has 2 heterocycles. The lowest BCUT2D eigenvalue weighted by Gasteiger charge is -2.33. The van der Waals surface area contributed by atoms with E-state index in [1.165, 1.54) is 0 Å². The fourth-order valence-corrected chi connectivity index (χ4v) is 4.96. The van der Waals surface area contributed by atoms with E-state index < -0.39 is 0 Å². The lowest BCUT2D eigenvalue weighted by Crippen LogP contribution is -2.42. The second-order valence-electron chi connectivity index (χ2n) is 8.30. The molecule has 1 aliphatic rings. The Morgan fingerprint density at radius 2 is 1.90 bits per heavy atom. The van der Waals surface area contributed by atoms with E-state index in [-0.39, 0.29) is 5.92 Å². The summed E-state index contributed by atoms with van der Waals surface area (Å²) in [6, 6.07) is 16.7. The number of para-hydroxylation sites is 2. The third-order valence-corrected chi connectivity index (χ3v) is 6.68. The van der Waals surface area contributed by atoms with Gasteiger partial charge in [-0.15, -0.1) is 0 Å². The monoisotopic (exact) mass is 482 g/mol. The van der Waals surface area contributed by atoms with Crippen molar-refractivity contribution in [2.75, 3.05) is 26.2 Å². The van der Waals surface area contributed by atoms with Crippen molar-refractivity contribution in [3.8, 4) is 5.69 Å². The van der Waals surface area contributed by atoms with Gasteiger partial charge in [-0.3, -0.25) is 14.3 Å². The van der Waals surface area contributed by atoms with Crippen LogP contribution in [-0.2, 0) is 11.3 Å². The molecule has 0 radical (unpaired) electrons. The van der Waals surface area contributed by atoms with Crippen LogP contribution in [0.25, 0.3) is 16.7 Å². The van der Waals surface area contributed by atoms with Crippen LogP contribution < -0.4 is 0 Å². The summed E-state index contributed by atoms with van der Waals surface area (Å²) in [6.45, 7) is 8.54. The van der Waals surface area contributed by atoms with Gasteiger partial charge in [0, 0.05) is 29.2 Å². The van der Waals surface area contributed by atoms with Crippen LogP contribution in [0.4, 0.5) is 0 Å². The number of piperidine rings is 1. The number of carbonyl (C=O) groups excluding carboxylic acids is 1. The van der Waals surface area contributed by atoms with E-state index in [2.05, 4.69) is 75.6 Å². The van der Waals surface area contributed by atoms with E-state index in [1.807, 2.05) is 17.0 Å². The molecule has 0 spiro atoms. The minimum atomic E-state index is 0.159.